The van der Waals surface area contributed by atoms with E-state index < -0.39 is 0 Å². The zero-order valence-corrected chi connectivity index (χ0v) is 3.73. The van der Waals surface area contributed by atoms with E-state index >= 15 is 0 Å². The average molecular weight is 101 g/mol. The van der Waals surface area contributed by atoms with Crippen LogP contribution in [0, 0.1) is 0 Å². The van der Waals surface area contributed by atoms with E-state index in [1.54, 1.807) is 6.08 Å². The first-order chi connectivity index (χ1) is 3.39. The van der Waals surface area contributed by atoms with E-state index in [2.05, 4.69) is 16.4 Å². The first kappa shape index (κ1) is 4.42. The fourth-order valence-corrected chi connectivity index (χ4v) is 0.358. The van der Waals surface area contributed by atoms with Crippen LogP contribution in [-0.4, -0.2) is 11.7 Å². The largest absolute Gasteiger partial charge is 0.494 e. The molecule has 7 heavy (non-hydrogen) atoms. The number of rotatable bonds is 0. The first-order valence-electron chi connectivity index (χ1n) is 2.02. The highest BCUT2D eigenvalue weighted by atomic mass is 16.3. The monoisotopic (exact) mass is 101 g/mol. The minimum atomic E-state index is 0.166. The van der Waals surface area contributed by atoms with Gasteiger partial charge in [0.2, 0.25) is 0 Å². The molecule has 0 aromatic carbocycles. The second-order valence-corrected chi connectivity index (χ2v) is 1.22. The van der Waals surface area contributed by atoms with Crippen LogP contribution in [0.2, 0.25) is 0 Å². The van der Waals surface area contributed by atoms with Crippen molar-refractivity contribution in [3.63, 3.8) is 0 Å². The standard InChI is InChI=1S/C3H7N3O/c7-3-1-2-4-6-5-3/h1,4-7H,2H2. The molecule has 4 heteroatoms. The van der Waals surface area contributed by atoms with Crippen LogP contribution in [0.3, 0.4) is 0 Å². The Morgan fingerprint density at radius 3 is 2.86 bits per heavy atom. The van der Waals surface area contributed by atoms with Crippen LogP contribution in [-0.2, 0) is 0 Å². The molecule has 1 rings (SSSR count). The second-order valence-electron chi connectivity index (χ2n) is 1.22. The van der Waals surface area contributed by atoms with E-state index in [-0.39, 0.29) is 5.88 Å². The minimum Gasteiger partial charge on any atom is -0.494 e. The summed E-state index contributed by atoms with van der Waals surface area (Å²) in [6, 6.07) is 0. The molecule has 1 heterocycles. The Bertz CT molecular complexity index is 90.2. The number of hydrazine groups is 2. The lowest BCUT2D eigenvalue weighted by Gasteiger charge is -2.11. The van der Waals surface area contributed by atoms with Gasteiger partial charge in [-0.1, -0.05) is 0 Å². The lowest BCUT2D eigenvalue weighted by atomic mass is 10.6. The lowest BCUT2D eigenvalue weighted by Crippen LogP contribution is -2.46. The minimum absolute atomic E-state index is 0.166. The summed E-state index contributed by atoms with van der Waals surface area (Å²) in [6.07, 6.45) is 1.62. The highest BCUT2D eigenvalue weighted by Crippen LogP contribution is 1.78. The SMILES string of the molecule is OC1=CCNNN1. The van der Waals surface area contributed by atoms with Gasteiger partial charge in [-0.05, 0) is 6.08 Å². The molecule has 0 saturated heterocycles. The Labute approximate surface area is 41.2 Å². The van der Waals surface area contributed by atoms with Crippen LogP contribution in [0.1, 0.15) is 0 Å². The fourth-order valence-electron chi connectivity index (χ4n) is 0.358. The van der Waals surface area contributed by atoms with Crippen molar-refractivity contribution < 1.29 is 5.11 Å². The van der Waals surface area contributed by atoms with E-state index in [0.717, 1.165) is 0 Å². The summed E-state index contributed by atoms with van der Waals surface area (Å²) >= 11 is 0. The third-order valence-corrected chi connectivity index (χ3v) is 0.676. The molecule has 0 fully saturated rings. The second kappa shape index (κ2) is 1.81. The summed E-state index contributed by atoms with van der Waals surface area (Å²) in [4.78, 5) is 0. The molecule has 1 aliphatic rings. The van der Waals surface area contributed by atoms with Gasteiger partial charge in [-0.2, -0.15) is 5.53 Å². The smallest absolute Gasteiger partial charge is 0.197 e. The number of nitrogens with one attached hydrogen (secondary N) is 3. The van der Waals surface area contributed by atoms with E-state index in [9.17, 15) is 0 Å². The zero-order valence-electron chi connectivity index (χ0n) is 3.73. The molecule has 0 radical (unpaired) electrons. The number of aliphatic hydroxyl groups excluding tert-OH is 1. The van der Waals surface area contributed by atoms with Crippen LogP contribution in [0.15, 0.2) is 12.0 Å². The summed E-state index contributed by atoms with van der Waals surface area (Å²) in [6.45, 7) is 0.652. The lowest BCUT2D eigenvalue weighted by molar-refractivity contribution is 0.300. The number of aliphatic hydroxyl groups is 1. The molecule has 0 saturated carbocycles. The Hall–Kier alpha value is -0.740. The highest BCUT2D eigenvalue weighted by Gasteiger charge is 1.92. The predicted octanol–water partition coefficient (Wildman–Crippen LogP) is -1.00. The van der Waals surface area contributed by atoms with Gasteiger partial charge in [-0.25, -0.2) is 5.43 Å². The number of hydrogen-bond donors (Lipinski definition) is 4. The Balaban J connectivity index is 2.40. The Morgan fingerprint density at radius 1 is 1.71 bits per heavy atom. The molecule has 0 spiro atoms. The normalized spacial score (nSPS) is 20.3. The van der Waals surface area contributed by atoms with Gasteiger partial charge in [0, 0.05) is 6.54 Å². The van der Waals surface area contributed by atoms with E-state index in [4.69, 9.17) is 5.11 Å². The van der Waals surface area contributed by atoms with Crippen molar-refractivity contribution in [2.75, 3.05) is 6.54 Å². The van der Waals surface area contributed by atoms with Crippen LogP contribution < -0.4 is 16.4 Å². The van der Waals surface area contributed by atoms with E-state index in [1.807, 2.05) is 0 Å². The van der Waals surface area contributed by atoms with Gasteiger partial charge in [0.15, 0.2) is 5.88 Å². The van der Waals surface area contributed by atoms with Crippen molar-refractivity contribution in [3.05, 3.63) is 12.0 Å². The average Bonchev–Trinajstić information content (AvgIpc) is 1.69. The molecule has 4 nitrogen and oxygen atoms in total. The molecule has 0 aromatic heterocycles. The van der Waals surface area contributed by atoms with Gasteiger partial charge in [-0.3, -0.25) is 5.43 Å². The molecule has 0 aliphatic carbocycles. The summed E-state index contributed by atoms with van der Waals surface area (Å²) in [5, 5.41) is 8.56. The van der Waals surface area contributed by atoms with Crippen LogP contribution >= 0.6 is 0 Å². The van der Waals surface area contributed by atoms with Gasteiger partial charge >= 0.3 is 0 Å². The van der Waals surface area contributed by atoms with Crippen molar-refractivity contribution in [2.45, 2.75) is 0 Å². The maximum atomic E-state index is 8.56. The molecular weight excluding hydrogens is 94.1 g/mol. The molecule has 1 aliphatic heterocycles. The van der Waals surface area contributed by atoms with Crippen LogP contribution in [0.5, 0.6) is 0 Å². The topological polar surface area (TPSA) is 56.3 Å². The van der Waals surface area contributed by atoms with E-state index in [0.29, 0.717) is 6.54 Å². The molecule has 0 aromatic rings. The summed E-state index contributed by atoms with van der Waals surface area (Å²) in [7, 11) is 0. The van der Waals surface area contributed by atoms with Crippen molar-refractivity contribution in [1.29, 1.82) is 0 Å². The summed E-state index contributed by atoms with van der Waals surface area (Å²) < 4.78 is 0. The van der Waals surface area contributed by atoms with E-state index in [1.165, 1.54) is 0 Å². The third-order valence-electron chi connectivity index (χ3n) is 0.676. The maximum Gasteiger partial charge on any atom is 0.197 e. The Kier molecular flexibility index (Phi) is 1.14. The first-order valence-corrected chi connectivity index (χ1v) is 2.02. The molecule has 0 bridgehead atoms. The van der Waals surface area contributed by atoms with Gasteiger partial charge in [0.1, 0.15) is 0 Å². The maximum absolute atomic E-state index is 8.56. The highest BCUT2D eigenvalue weighted by molar-refractivity contribution is 4.90. The summed E-state index contributed by atoms with van der Waals surface area (Å²) in [5.41, 5.74) is 7.67. The van der Waals surface area contributed by atoms with Crippen molar-refractivity contribution in [1.82, 2.24) is 16.4 Å². The van der Waals surface area contributed by atoms with Gasteiger partial charge in [0.05, 0.1) is 0 Å². The quantitative estimate of drug-likeness (QED) is 0.316. The van der Waals surface area contributed by atoms with Gasteiger partial charge in [-0.15, -0.1) is 0 Å². The zero-order chi connectivity index (χ0) is 5.11. The molecule has 0 unspecified atom stereocenters. The van der Waals surface area contributed by atoms with Crippen molar-refractivity contribution in [2.24, 2.45) is 0 Å². The summed E-state index contributed by atoms with van der Waals surface area (Å²) in [5.74, 6) is 0.166. The van der Waals surface area contributed by atoms with Crippen LogP contribution in [0.4, 0.5) is 0 Å². The molecular formula is C3H7N3O. The molecule has 40 valence electrons. The molecule has 4 N–H and O–H groups in total. The predicted molar refractivity (Wildman–Crippen MR) is 25.0 cm³/mol. The molecule has 0 amide bonds. The van der Waals surface area contributed by atoms with Crippen LogP contribution in [0.25, 0.3) is 0 Å². The molecule has 0 atom stereocenters. The number of hydrogen-bond acceptors (Lipinski definition) is 4. The van der Waals surface area contributed by atoms with Gasteiger partial charge < -0.3 is 5.11 Å². The third kappa shape index (κ3) is 1.06. The van der Waals surface area contributed by atoms with Crippen molar-refractivity contribution >= 4 is 0 Å². The van der Waals surface area contributed by atoms with Crippen molar-refractivity contribution in [3.8, 4) is 0 Å². The van der Waals surface area contributed by atoms with Gasteiger partial charge in [0.25, 0.3) is 0 Å². The Morgan fingerprint density at radius 2 is 2.57 bits per heavy atom. The fraction of sp³-hybridized carbons (Fsp3) is 0.333.